The minimum atomic E-state index is -0.833. The molecule has 0 aromatic carbocycles. The van der Waals surface area contributed by atoms with E-state index in [9.17, 15) is 0 Å². The molecule has 0 saturated carbocycles. The Morgan fingerprint density at radius 2 is 1.67 bits per heavy atom. The standard InChI is InChI=1S/C8H14N2.2C2H4O2/c1-10-6-4-7-3-2-5-9-8(7)10;2*1-2(3)4/h9H,2-6H2,1H3;2*1H3,(H,3,4). The van der Waals surface area contributed by atoms with Crippen LogP contribution in [0.5, 0.6) is 0 Å². The van der Waals surface area contributed by atoms with Gasteiger partial charge in [-0.05, 0) is 24.8 Å². The van der Waals surface area contributed by atoms with E-state index in [1.165, 1.54) is 38.2 Å². The molecule has 0 fully saturated rings. The van der Waals surface area contributed by atoms with Gasteiger partial charge < -0.3 is 20.4 Å². The normalized spacial score (nSPS) is 16.5. The lowest BCUT2D eigenvalue weighted by molar-refractivity contribution is -0.135. The van der Waals surface area contributed by atoms with Gasteiger partial charge >= 0.3 is 0 Å². The van der Waals surface area contributed by atoms with Crippen LogP contribution in [0.15, 0.2) is 11.4 Å². The third-order valence-corrected chi connectivity index (χ3v) is 2.41. The van der Waals surface area contributed by atoms with Crippen molar-refractivity contribution in [3.63, 3.8) is 0 Å². The van der Waals surface area contributed by atoms with E-state index in [1.54, 1.807) is 5.57 Å². The van der Waals surface area contributed by atoms with Gasteiger partial charge in [0.15, 0.2) is 0 Å². The monoisotopic (exact) mass is 258 g/mol. The van der Waals surface area contributed by atoms with E-state index in [0.717, 1.165) is 13.8 Å². The van der Waals surface area contributed by atoms with Crippen LogP contribution in [0.4, 0.5) is 0 Å². The van der Waals surface area contributed by atoms with Crippen molar-refractivity contribution >= 4 is 11.9 Å². The van der Waals surface area contributed by atoms with Gasteiger partial charge in [-0.25, -0.2) is 0 Å². The highest BCUT2D eigenvalue weighted by Gasteiger charge is 2.20. The zero-order valence-electron chi connectivity index (χ0n) is 11.2. The first-order chi connectivity index (χ1) is 8.34. The first-order valence-electron chi connectivity index (χ1n) is 5.90. The molecule has 6 nitrogen and oxygen atoms in total. The minimum absolute atomic E-state index is 0.833. The second-order valence-corrected chi connectivity index (χ2v) is 4.19. The fourth-order valence-corrected chi connectivity index (χ4v) is 1.81. The Morgan fingerprint density at radius 1 is 1.17 bits per heavy atom. The quantitative estimate of drug-likeness (QED) is 0.603. The molecule has 0 amide bonds. The van der Waals surface area contributed by atoms with Crippen LogP contribution in [-0.2, 0) is 9.59 Å². The van der Waals surface area contributed by atoms with Gasteiger partial charge in [0, 0.05) is 34.0 Å². The summed E-state index contributed by atoms with van der Waals surface area (Å²) < 4.78 is 0. The Labute approximate surface area is 107 Å². The average Bonchev–Trinajstić information content (AvgIpc) is 2.60. The van der Waals surface area contributed by atoms with Crippen molar-refractivity contribution in [1.29, 1.82) is 0 Å². The lowest BCUT2D eigenvalue weighted by Crippen LogP contribution is -2.28. The van der Waals surface area contributed by atoms with Crippen LogP contribution in [0, 0.1) is 0 Å². The van der Waals surface area contributed by atoms with Crippen LogP contribution in [-0.4, -0.2) is 47.2 Å². The number of carboxylic acid groups (broad SMARTS) is 2. The van der Waals surface area contributed by atoms with Crippen LogP contribution in [0.2, 0.25) is 0 Å². The summed E-state index contributed by atoms with van der Waals surface area (Å²) in [5.41, 5.74) is 1.65. The molecule has 2 aliphatic heterocycles. The summed E-state index contributed by atoms with van der Waals surface area (Å²) in [5, 5.41) is 18.3. The minimum Gasteiger partial charge on any atom is -0.481 e. The summed E-state index contributed by atoms with van der Waals surface area (Å²) in [6.45, 7) is 4.56. The van der Waals surface area contributed by atoms with Gasteiger partial charge in [0.25, 0.3) is 11.9 Å². The van der Waals surface area contributed by atoms with Gasteiger partial charge in [0.2, 0.25) is 0 Å². The Bertz CT molecular complexity index is 306. The first kappa shape index (κ1) is 16.3. The molecule has 0 radical (unpaired) electrons. The predicted molar refractivity (Wildman–Crippen MR) is 68.1 cm³/mol. The number of rotatable bonds is 0. The molecule has 0 aliphatic carbocycles. The highest BCUT2D eigenvalue weighted by Crippen LogP contribution is 2.25. The van der Waals surface area contributed by atoms with Gasteiger partial charge in [0.05, 0.1) is 0 Å². The molecule has 2 aliphatic rings. The molecular weight excluding hydrogens is 236 g/mol. The van der Waals surface area contributed by atoms with Crippen molar-refractivity contribution in [3.8, 4) is 0 Å². The van der Waals surface area contributed by atoms with Crippen molar-refractivity contribution in [2.45, 2.75) is 33.1 Å². The molecular formula is C12H22N2O4. The smallest absolute Gasteiger partial charge is 0.300 e. The molecule has 0 aromatic heterocycles. The van der Waals surface area contributed by atoms with E-state index in [1.807, 2.05) is 0 Å². The van der Waals surface area contributed by atoms with Crippen LogP contribution in [0.1, 0.15) is 33.1 Å². The topological polar surface area (TPSA) is 89.9 Å². The molecule has 0 atom stereocenters. The number of hydrogen-bond acceptors (Lipinski definition) is 4. The van der Waals surface area contributed by atoms with Crippen molar-refractivity contribution < 1.29 is 19.8 Å². The summed E-state index contributed by atoms with van der Waals surface area (Å²) in [7, 11) is 2.17. The number of carboxylic acids is 2. The van der Waals surface area contributed by atoms with Crippen molar-refractivity contribution in [3.05, 3.63) is 11.4 Å². The Balaban J connectivity index is 0.000000307. The second kappa shape index (κ2) is 8.38. The number of carbonyl (C=O) groups is 2. The summed E-state index contributed by atoms with van der Waals surface area (Å²) in [6, 6.07) is 0. The van der Waals surface area contributed by atoms with Crippen LogP contribution in [0.25, 0.3) is 0 Å². The third kappa shape index (κ3) is 7.54. The van der Waals surface area contributed by atoms with Crippen LogP contribution < -0.4 is 5.32 Å². The van der Waals surface area contributed by atoms with Gasteiger partial charge in [-0.1, -0.05) is 0 Å². The Kier molecular flexibility index (Phi) is 7.58. The third-order valence-electron chi connectivity index (χ3n) is 2.41. The van der Waals surface area contributed by atoms with E-state index in [4.69, 9.17) is 19.8 Å². The summed E-state index contributed by atoms with van der Waals surface area (Å²) in [5.74, 6) is -0.244. The zero-order valence-corrected chi connectivity index (χ0v) is 11.2. The SMILES string of the molecule is CC(=O)O.CC(=O)O.CN1CCC2=C1NCCC2. The van der Waals surface area contributed by atoms with Crippen molar-refractivity contribution in [1.82, 2.24) is 10.2 Å². The molecule has 104 valence electrons. The van der Waals surface area contributed by atoms with E-state index in [2.05, 4.69) is 17.3 Å². The highest BCUT2D eigenvalue weighted by molar-refractivity contribution is 5.63. The number of nitrogens with zero attached hydrogens (tertiary/aromatic N) is 1. The summed E-state index contributed by atoms with van der Waals surface area (Å²) in [4.78, 5) is 20.3. The number of hydrogen-bond donors (Lipinski definition) is 3. The fourth-order valence-electron chi connectivity index (χ4n) is 1.81. The largest absolute Gasteiger partial charge is 0.481 e. The zero-order chi connectivity index (χ0) is 14.1. The van der Waals surface area contributed by atoms with Crippen molar-refractivity contribution in [2.24, 2.45) is 0 Å². The maximum atomic E-state index is 9.00. The van der Waals surface area contributed by atoms with Crippen LogP contribution >= 0.6 is 0 Å². The second-order valence-electron chi connectivity index (χ2n) is 4.19. The van der Waals surface area contributed by atoms with Gasteiger partial charge in [-0.2, -0.15) is 0 Å². The predicted octanol–water partition coefficient (Wildman–Crippen LogP) is 1.10. The van der Waals surface area contributed by atoms with Gasteiger partial charge in [-0.15, -0.1) is 0 Å². The molecule has 2 rings (SSSR count). The van der Waals surface area contributed by atoms with Crippen molar-refractivity contribution in [2.75, 3.05) is 20.1 Å². The van der Waals surface area contributed by atoms with E-state index >= 15 is 0 Å². The van der Waals surface area contributed by atoms with E-state index in [-0.39, 0.29) is 0 Å². The first-order valence-corrected chi connectivity index (χ1v) is 5.90. The molecule has 6 heteroatoms. The maximum Gasteiger partial charge on any atom is 0.300 e. The molecule has 2 heterocycles. The lowest BCUT2D eigenvalue weighted by Gasteiger charge is -2.21. The maximum absolute atomic E-state index is 9.00. The lowest BCUT2D eigenvalue weighted by atomic mass is 10.1. The molecule has 0 spiro atoms. The van der Waals surface area contributed by atoms with Gasteiger partial charge in [-0.3, -0.25) is 9.59 Å². The molecule has 3 N–H and O–H groups in total. The number of nitrogens with one attached hydrogen (secondary N) is 1. The van der Waals surface area contributed by atoms with Gasteiger partial charge in [0.1, 0.15) is 5.82 Å². The van der Waals surface area contributed by atoms with Crippen LogP contribution in [0.3, 0.4) is 0 Å². The molecule has 0 saturated heterocycles. The fraction of sp³-hybridized carbons (Fsp3) is 0.667. The molecule has 0 bridgehead atoms. The molecule has 0 unspecified atom stereocenters. The molecule has 18 heavy (non-hydrogen) atoms. The average molecular weight is 258 g/mol. The van der Waals surface area contributed by atoms with E-state index < -0.39 is 11.9 Å². The van der Waals surface area contributed by atoms with E-state index in [0.29, 0.717) is 0 Å². The summed E-state index contributed by atoms with van der Waals surface area (Å²) in [6.07, 6.45) is 3.94. The number of aliphatic carboxylic acids is 2. The summed E-state index contributed by atoms with van der Waals surface area (Å²) >= 11 is 0. The highest BCUT2D eigenvalue weighted by atomic mass is 16.4. The Morgan fingerprint density at radius 3 is 2.11 bits per heavy atom. The Hall–Kier alpha value is -1.72. The molecule has 0 aromatic rings.